The summed E-state index contributed by atoms with van der Waals surface area (Å²) >= 11 is 0. The lowest BCUT2D eigenvalue weighted by Crippen LogP contribution is -2.34. The van der Waals surface area contributed by atoms with Crippen LogP contribution in [0.2, 0.25) is 0 Å². The first-order valence-corrected chi connectivity index (χ1v) is 8.47. The molecule has 138 valence electrons. The van der Waals surface area contributed by atoms with Crippen molar-refractivity contribution in [2.45, 2.75) is 18.9 Å². The number of nitrogens with one attached hydrogen (secondary N) is 1. The Hall–Kier alpha value is -2.21. The monoisotopic (exact) mass is 373 g/mol. The third-order valence-corrected chi connectivity index (χ3v) is 4.62. The second kappa shape index (κ2) is 8.94. The molecule has 1 aliphatic heterocycles. The topological polar surface area (TPSA) is 75.4 Å². The van der Waals surface area contributed by atoms with Crippen LogP contribution in [-0.4, -0.2) is 42.3 Å². The Bertz CT molecular complexity index is 767. The van der Waals surface area contributed by atoms with Crippen LogP contribution in [0.5, 0.6) is 0 Å². The van der Waals surface area contributed by atoms with Gasteiger partial charge in [0.1, 0.15) is 0 Å². The molecule has 0 saturated carbocycles. The molecule has 3 rings (SSSR count). The van der Waals surface area contributed by atoms with E-state index in [2.05, 4.69) is 22.3 Å². The molecule has 0 unspecified atom stereocenters. The predicted octanol–water partition coefficient (Wildman–Crippen LogP) is 2.68. The van der Waals surface area contributed by atoms with E-state index in [4.69, 9.17) is 5.73 Å². The van der Waals surface area contributed by atoms with E-state index in [0.29, 0.717) is 17.8 Å². The van der Waals surface area contributed by atoms with Gasteiger partial charge in [0.2, 0.25) is 5.91 Å². The fourth-order valence-corrected chi connectivity index (χ4v) is 3.39. The number of likely N-dealkylation sites (tertiary alicyclic amines) is 1. The van der Waals surface area contributed by atoms with Crippen LogP contribution in [0.4, 0.5) is 5.69 Å². The van der Waals surface area contributed by atoms with E-state index in [1.165, 1.54) is 12.5 Å². The number of Topliss-reactive ketones (excluding diaryl/α,β-unsaturated/α-hetero) is 1. The predicted molar refractivity (Wildman–Crippen MR) is 106 cm³/mol. The highest BCUT2D eigenvalue weighted by Crippen LogP contribution is 2.26. The van der Waals surface area contributed by atoms with Crippen molar-refractivity contribution < 1.29 is 9.59 Å². The maximum absolute atomic E-state index is 12.4. The Morgan fingerprint density at radius 3 is 2.42 bits per heavy atom. The quantitative estimate of drug-likeness (QED) is 0.790. The van der Waals surface area contributed by atoms with Crippen LogP contribution in [-0.2, 0) is 4.79 Å². The summed E-state index contributed by atoms with van der Waals surface area (Å²) in [5.74, 6) is 0.0383. The minimum Gasteiger partial charge on any atom is -0.326 e. The van der Waals surface area contributed by atoms with Crippen molar-refractivity contribution in [3.8, 4) is 0 Å². The van der Waals surface area contributed by atoms with Gasteiger partial charge in [-0.2, -0.15) is 0 Å². The molecule has 26 heavy (non-hydrogen) atoms. The summed E-state index contributed by atoms with van der Waals surface area (Å²) in [5.41, 5.74) is 8.57. The largest absolute Gasteiger partial charge is 0.326 e. The van der Waals surface area contributed by atoms with Gasteiger partial charge in [-0.3, -0.25) is 14.5 Å². The van der Waals surface area contributed by atoms with Crippen molar-refractivity contribution >= 4 is 29.8 Å². The fourth-order valence-electron chi connectivity index (χ4n) is 3.39. The average molecular weight is 374 g/mol. The number of rotatable bonds is 5. The molecule has 1 amide bonds. The number of amides is 1. The summed E-state index contributed by atoms with van der Waals surface area (Å²) in [6.07, 6.45) is 0. The third kappa shape index (κ3) is 4.69. The molecule has 2 aromatic rings. The highest BCUT2D eigenvalue weighted by molar-refractivity contribution is 6.04. The first-order valence-electron chi connectivity index (χ1n) is 8.47. The molecule has 0 aromatic heterocycles. The number of halogens is 1. The van der Waals surface area contributed by atoms with E-state index in [-0.39, 0.29) is 42.6 Å². The average Bonchev–Trinajstić information content (AvgIpc) is 2.96. The molecule has 0 spiro atoms. The number of nitrogens with zero attached hydrogens (tertiary/aromatic N) is 1. The summed E-state index contributed by atoms with van der Waals surface area (Å²) in [5, 5.41) is 2.85. The zero-order valence-corrected chi connectivity index (χ0v) is 15.5. The fraction of sp³-hybridized carbons (Fsp3) is 0.300. The number of carbonyl (C=O) groups is 2. The highest BCUT2D eigenvalue weighted by Gasteiger charge is 2.32. The summed E-state index contributed by atoms with van der Waals surface area (Å²) in [6.45, 7) is 3.20. The Kier molecular flexibility index (Phi) is 6.91. The number of hydrogen-bond donors (Lipinski definition) is 2. The van der Waals surface area contributed by atoms with E-state index in [1.54, 1.807) is 24.3 Å². The Morgan fingerprint density at radius 1 is 1.08 bits per heavy atom. The van der Waals surface area contributed by atoms with E-state index >= 15 is 0 Å². The van der Waals surface area contributed by atoms with Crippen LogP contribution < -0.4 is 11.1 Å². The van der Waals surface area contributed by atoms with Crippen molar-refractivity contribution in [3.05, 3.63) is 65.7 Å². The lowest BCUT2D eigenvalue weighted by Gasteiger charge is -2.16. The van der Waals surface area contributed by atoms with Gasteiger partial charge < -0.3 is 11.1 Å². The summed E-state index contributed by atoms with van der Waals surface area (Å²) in [4.78, 5) is 26.1. The molecule has 1 heterocycles. The summed E-state index contributed by atoms with van der Waals surface area (Å²) in [6, 6.07) is 17.2. The van der Waals surface area contributed by atoms with Crippen molar-refractivity contribution in [2.24, 2.45) is 5.73 Å². The molecule has 6 heteroatoms. The van der Waals surface area contributed by atoms with Gasteiger partial charge in [0.15, 0.2) is 5.78 Å². The number of ketones is 1. The van der Waals surface area contributed by atoms with Crippen LogP contribution in [0.1, 0.15) is 28.8 Å². The molecule has 5 nitrogen and oxygen atoms in total. The number of nitrogens with two attached hydrogens (primary N) is 1. The molecule has 3 N–H and O–H groups in total. The van der Waals surface area contributed by atoms with E-state index in [0.717, 1.165) is 6.54 Å². The van der Waals surface area contributed by atoms with Crippen LogP contribution in [0.3, 0.4) is 0 Å². The van der Waals surface area contributed by atoms with Crippen molar-refractivity contribution in [1.29, 1.82) is 0 Å². The second-order valence-electron chi connectivity index (χ2n) is 6.53. The number of hydrogen-bond acceptors (Lipinski definition) is 4. The minimum absolute atomic E-state index is 0. The summed E-state index contributed by atoms with van der Waals surface area (Å²) < 4.78 is 0. The number of anilines is 1. The minimum atomic E-state index is -0.130. The molecular weight excluding hydrogens is 350 g/mol. The van der Waals surface area contributed by atoms with Crippen LogP contribution >= 0.6 is 12.4 Å². The lowest BCUT2D eigenvalue weighted by atomic mass is 9.95. The maximum atomic E-state index is 12.4. The first kappa shape index (κ1) is 20.1. The molecule has 2 atom stereocenters. The zero-order valence-electron chi connectivity index (χ0n) is 14.7. The molecule has 0 radical (unpaired) electrons. The highest BCUT2D eigenvalue weighted by atomic mass is 35.5. The summed E-state index contributed by atoms with van der Waals surface area (Å²) in [7, 11) is 0. The molecular formula is C20H24ClN3O2. The van der Waals surface area contributed by atoms with Crippen LogP contribution in [0, 0.1) is 0 Å². The van der Waals surface area contributed by atoms with Crippen molar-refractivity contribution in [1.82, 2.24) is 4.90 Å². The molecule has 1 aliphatic rings. The maximum Gasteiger partial charge on any atom is 0.238 e. The van der Waals surface area contributed by atoms with Gasteiger partial charge in [0.05, 0.1) is 12.2 Å². The van der Waals surface area contributed by atoms with Gasteiger partial charge in [0, 0.05) is 30.6 Å². The van der Waals surface area contributed by atoms with E-state index in [1.807, 2.05) is 18.2 Å². The van der Waals surface area contributed by atoms with Gasteiger partial charge in [-0.15, -0.1) is 12.4 Å². The number of benzene rings is 2. The molecule has 2 aromatic carbocycles. The number of para-hydroxylation sites is 1. The van der Waals surface area contributed by atoms with Crippen molar-refractivity contribution in [3.63, 3.8) is 0 Å². The standard InChI is InChI=1S/C20H23N3O2.ClH/c1-14(24)16-9-5-6-10-19(16)22-20(25)13-23-11-17(18(21)12-23)15-7-3-2-4-8-15;/h2-10,17-18H,11-13,21H2,1H3,(H,22,25);1H/t17-,18+;/m0./s1. The smallest absolute Gasteiger partial charge is 0.238 e. The Morgan fingerprint density at radius 2 is 1.73 bits per heavy atom. The zero-order chi connectivity index (χ0) is 17.8. The third-order valence-electron chi connectivity index (χ3n) is 4.62. The molecule has 1 fully saturated rings. The first-order chi connectivity index (χ1) is 12.0. The normalized spacial score (nSPS) is 19.6. The van der Waals surface area contributed by atoms with Crippen molar-refractivity contribution in [2.75, 3.05) is 25.0 Å². The Labute approximate surface area is 160 Å². The van der Waals surface area contributed by atoms with E-state index in [9.17, 15) is 9.59 Å². The van der Waals surface area contributed by atoms with Gasteiger partial charge in [0.25, 0.3) is 0 Å². The second-order valence-corrected chi connectivity index (χ2v) is 6.53. The van der Waals surface area contributed by atoms with Gasteiger partial charge in [-0.25, -0.2) is 0 Å². The van der Waals surface area contributed by atoms with Gasteiger partial charge in [-0.05, 0) is 24.6 Å². The van der Waals surface area contributed by atoms with Gasteiger partial charge >= 0.3 is 0 Å². The SMILES string of the molecule is CC(=O)c1ccccc1NC(=O)CN1C[C@@H](N)[C@H](c2ccccc2)C1.Cl. The van der Waals surface area contributed by atoms with E-state index < -0.39 is 0 Å². The lowest BCUT2D eigenvalue weighted by molar-refractivity contribution is -0.117. The number of carbonyl (C=O) groups excluding carboxylic acids is 2. The molecule has 1 saturated heterocycles. The Balaban J connectivity index is 0.00000243. The molecule has 0 aliphatic carbocycles. The van der Waals surface area contributed by atoms with Crippen LogP contribution in [0.15, 0.2) is 54.6 Å². The van der Waals surface area contributed by atoms with Gasteiger partial charge in [-0.1, -0.05) is 42.5 Å². The molecule has 0 bridgehead atoms. The van der Waals surface area contributed by atoms with Crippen LogP contribution in [0.25, 0.3) is 0 Å².